The lowest BCUT2D eigenvalue weighted by Gasteiger charge is -2.17. The first-order chi connectivity index (χ1) is 26.3. The molecule has 10 aromatic carbocycles. The molecule has 2 aromatic heterocycles. The van der Waals surface area contributed by atoms with Crippen molar-refractivity contribution in [2.24, 2.45) is 0 Å². The van der Waals surface area contributed by atoms with Gasteiger partial charge < -0.3 is 0 Å². The van der Waals surface area contributed by atoms with Gasteiger partial charge in [0.2, 0.25) is 0 Å². The van der Waals surface area contributed by atoms with Crippen molar-refractivity contribution in [1.82, 2.24) is 15.0 Å². The molecule has 0 saturated carbocycles. The van der Waals surface area contributed by atoms with Crippen molar-refractivity contribution >= 4 is 96.1 Å². The van der Waals surface area contributed by atoms with Crippen LogP contribution in [0.1, 0.15) is 0 Å². The lowest BCUT2D eigenvalue weighted by molar-refractivity contribution is 1.08. The third-order valence-electron chi connectivity index (χ3n) is 11.0. The van der Waals surface area contributed by atoms with Gasteiger partial charge in [0.05, 0.1) is 0 Å². The smallest absolute Gasteiger partial charge is 0.164 e. The van der Waals surface area contributed by atoms with E-state index in [1.54, 1.807) is 0 Å². The minimum atomic E-state index is 0.657. The molecule has 0 atom stereocenters. The molecule has 0 aliphatic heterocycles. The maximum absolute atomic E-state index is 5.34. The predicted octanol–water partition coefficient (Wildman–Crippen LogP) is 13.6. The van der Waals surface area contributed by atoms with Crippen molar-refractivity contribution in [3.05, 3.63) is 164 Å². The van der Waals surface area contributed by atoms with Crippen LogP contribution >= 0.6 is 11.3 Å². The highest BCUT2D eigenvalue weighted by Gasteiger charge is 2.20. The fourth-order valence-electron chi connectivity index (χ4n) is 8.72. The fourth-order valence-corrected chi connectivity index (χ4v) is 9.85. The second-order valence-corrected chi connectivity index (χ2v) is 15.0. The number of hydrogen-bond donors (Lipinski definition) is 0. The molecule has 4 heteroatoms. The molecule has 0 unspecified atom stereocenters. The van der Waals surface area contributed by atoms with Crippen LogP contribution < -0.4 is 0 Å². The Bertz CT molecular complexity index is 3450. The van der Waals surface area contributed by atoms with Crippen molar-refractivity contribution in [3.8, 4) is 34.2 Å². The van der Waals surface area contributed by atoms with Crippen LogP contribution in [0.25, 0.3) is 119 Å². The Hall–Kier alpha value is -6.75. The summed E-state index contributed by atoms with van der Waals surface area (Å²) < 4.78 is 2.48. The first kappa shape index (κ1) is 28.9. The van der Waals surface area contributed by atoms with Gasteiger partial charge in [0.15, 0.2) is 17.5 Å². The van der Waals surface area contributed by atoms with E-state index in [1.807, 2.05) is 29.5 Å². The summed E-state index contributed by atoms with van der Waals surface area (Å²) in [6.45, 7) is 0. The maximum atomic E-state index is 5.34. The van der Waals surface area contributed by atoms with Crippen LogP contribution in [0.2, 0.25) is 0 Å². The molecule has 12 rings (SSSR count). The summed E-state index contributed by atoms with van der Waals surface area (Å²) in [5.41, 5.74) is 2.93. The van der Waals surface area contributed by atoms with Gasteiger partial charge in [-0.3, -0.25) is 0 Å². The van der Waals surface area contributed by atoms with Crippen LogP contribution in [0.3, 0.4) is 0 Å². The summed E-state index contributed by atoms with van der Waals surface area (Å²) in [5, 5.41) is 17.4. The van der Waals surface area contributed by atoms with E-state index in [9.17, 15) is 0 Å². The molecule has 53 heavy (non-hydrogen) atoms. The summed E-state index contributed by atoms with van der Waals surface area (Å²) in [7, 11) is 0. The zero-order chi connectivity index (χ0) is 34.6. The number of aromatic nitrogens is 3. The predicted molar refractivity (Wildman–Crippen MR) is 225 cm³/mol. The van der Waals surface area contributed by atoms with Gasteiger partial charge in [0.1, 0.15) is 0 Å². The standard InChI is InChI=1S/C49H27N3S/c1-2-10-31(11-3-1)47-50-48(52-49(51-47)38-19-9-21-41-46(38)37-15-4-5-20-40(37)53-41)33-26-32-25-24-30-13-7-17-35-34-16-6-12-28-22-23-29-14-8-18-36(44(29)42(28)34)39(27-33)45(32)43(30)35/h1-27H. The van der Waals surface area contributed by atoms with Crippen LogP contribution in [0, 0.1) is 0 Å². The monoisotopic (exact) mass is 689 g/mol. The second kappa shape index (κ2) is 10.9. The van der Waals surface area contributed by atoms with E-state index >= 15 is 0 Å². The summed E-state index contributed by atoms with van der Waals surface area (Å²) in [6.07, 6.45) is 0. The van der Waals surface area contributed by atoms with Gasteiger partial charge in [-0.1, -0.05) is 140 Å². The van der Waals surface area contributed by atoms with Crippen molar-refractivity contribution in [1.29, 1.82) is 0 Å². The van der Waals surface area contributed by atoms with Crippen LogP contribution in [-0.4, -0.2) is 15.0 Å². The largest absolute Gasteiger partial charge is 0.208 e. The van der Waals surface area contributed by atoms with E-state index in [4.69, 9.17) is 15.0 Å². The molecule has 2 heterocycles. The van der Waals surface area contributed by atoms with E-state index in [1.165, 1.54) is 79.4 Å². The van der Waals surface area contributed by atoms with Crippen LogP contribution in [-0.2, 0) is 0 Å². The highest BCUT2D eigenvalue weighted by Crippen LogP contribution is 2.45. The highest BCUT2D eigenvalue weighted by molar-refractivity contribution is 7.25. The molecule has 0 aliphatic carbocycles. The average Bonchev–Trinajstić information content (AvgIpc) is 3.61. The van der Waals surface area contributed by atoms with Gasteiger partial charge in [-0.05, 0) is 88.9 Å². The Labute approximate surface area is 307 Å². The summed E-state index contributed by atoms with van der Waals surface area (Å²) >= 11 is 1.81. The average molecular weight is 690 g/mol. The highest BCUT2D eigenvalue weighted by atomic mass is 32.1. The molecule has 0 spiro atoms. The first-order valence-electron chi connectivity index (χ1n) is 17.9. The number of thiophene rings is 1. The Balaban J connectivity index is 1.23. The summed E-state index contributed by atoms with van der Waals surface area (Å²) in [4.78, 5) is 15.8. The Kier molecular flexibility index (Phi) is 5.93. The van der Waals surface area contributed by atoms with Crippen LogP contribution in [0.5, 0.6) is 0 Å². The number of hydrogen-bond acceptors (Lipinski definition) is 4. The number of fused-ring (bicyclic) bond motifs is 5. The molecular weight excluding hydrogens is 663 g/mol. The Morgan fingerprint density at radius 1 is 0.302 bits per heavy atom. The molecule has 0 amide bonds. The SMILES string of the molecule is c1ccc(-c2nc(-c3cc4ccc5cccc6c7cccc8ccc9cccc(c(c3)c4c56)c9c87)nc(-c3cccc4sc5ccccc5c34)n2)cc1. The molecule has 0 fully saturated rings. The lowest BCUT2D eigenvalue weighted by Crippen LogP contribution is -2.00. The number of nitrogens with zero attached hydrogens (tertiary/aromatic N) is 3. The zero-order valence-electron chi connectivity index (χ0n) is 28.3. The quantitative estimate of drug-likeness (QED) is 0.173. The van der Waals surface area contributed by atoms with Crippen molar-refractivity contribution < 1.29 is 0 Å². The van der Waals surface area contributed by atoms with Gasteiger partial charge >= 0.3 is 0 Å². The van der Waals surface area contributed by atoms with Crippen molar-refractivity contribution in [3.63, 3.8) is 0 Å². The van der Waals surface area contributed by atoms with Crippen LogP contribution in [0.15, 0.2) is 164 Å². The summed E-state index contributed by atoms with van der Waals surface area (Å²) in [6, 6.07) is 59.2. The lowest BCUT2D eigenvalue weighted by atomic mass is 9.87. The van der Waals surface area contributed by atoms with E-state index in [-0.39, 0.29) is 0 Å². The molecule has 0 saturated heterocycles. The molecule has 3 nitrogen and oxygen atoms in total. The van der Waals surface area contributed by atoms with Gasteiger partial charge in [-0.2, -0.15) is 0 Å². The maximum Gasteiger partial charge on any atom is 0.164 e. The second-order valence-electron chi connectivity index (χ2n) is 13.9. The number of benzene rings is 9. The van der Waals surface area contributed by atoms with Gasteiger partial charge in [0.25, 0.3) is 0 Å². The molecule has 0 N–H and O–H groups in total. The molecule has 0 radical (unpaired) electrons. The van der Waals surface area contributed by atoms with E-state index in [2.05, 4.69) is 146 Å². The van der Waals surface area contributed by atoms with E-state index < -0.39 is 0 Å². The first-order valence-corrected chi connectivity index (χ1v) is 18.8. The Morgan fingerprint density at radius 3 is 1.51 bits per heavy atom. The Morgan fingerprint density at radius 2 is 0.811 bits per heavy atom. The number of rotatable bonds is 3. The fraction of sp³-hybridized carbons (Fsp3) is 0. The van der Waals surface area contributed by atoms with Gasteiger partial charge in [-0.25, -0.2) is 15.0 Å². The topological polar surface area (TPSA) is 38.7 Å². The molecule has 12 aromatic rings. The third kappa shape index (κ3) is 4.18. The normalized spacial score (nSPS) is 12.2. The van der Waals surface area contributed by atoms with Gasteiger partial charge in [0, 0.05) is 36.9 Å². The molecular formula is C49H27N3S. The zero-order valence-corrected chi connectivity index (χ0v) is 29.2. The van der Waals surface area contributed by atoms with Crippen LogP contribution in [0.4, 0.5) is 0 Å². The minimum Gasteiger partial charge on any atom is -0.208 e. The molecule has 244 valence electrons. The minimum absolute atomic E-state index is 0.657. The van der Waals surface area contributed by atoms with Crippen molar-refractivity contribution in [2.45, 2.75) is 0 Å². The van der Waals surface area contributed by atoms with Crippen molar-refractivity contribution in [2.75, 3.05) is 0 Å². The molecule has 0 aliphatic rings. The van der Waals surface area contributed by atoms with Gasteiger partial charge in [-0.15, -0.1) is 11.3 Å². The summed E-state index contributed by atoms with van der Waals surface area (Å²) in [5.74, 6) is 1.99. The van der Waals surface area contributed by atoms with E-state index in [0.29, 0.717) is 17.5 Å². The van der Waals surface area contributed by atoms with E-state index in [0.717, 1.165) is 22.1 Å². The third-order valence-corrected chi connectivity index (χ3v) is 12.1. The molecule has 0 bridgehead atoms.